The number of amides is 1. The number of piperidine rings is 1. The van der Waals surface area contributed by atoms with Gasteiger partial charge in [0.15, 0.2) is 0 Å². The van der Waals surface area contributed by atoms with Crippen molar-refractivity contribution >= 4 is 11.7 Å². The lowest BCUT2D eigenvalue weighted by Crippen LogP contribution is -2.49. The van der Waals surface area contributed by atoms with Gasteiger partial charge < -0.3 is 15.3 Å². The van der Waals surface area contributed by atoms with Crippen LogP contribution in [0.3, 0.4) is 0 Å². The molecule has 1 aliphatic heterocycles. The SMILES string of the molecule is CC(CC(=O)N1CCC(O)(Cn2cnc(NC3CCCC3)cc2=O)CC1)c1ccccc1. The van der Waals surface area contributed by atoms with Crippen molar-refractivity contribution in [2.75, 3.05) is 18.4 Å². The average Bonchev–Trinajstić information content (AvgIpc) is 3.30. The molecule has 172 valence electrons. The van der Waals surface area contributed by atoms with Crippen LogP contribution in [-0.4, -0.2) is 50.2 Å². The maximum atomic E-state index is 12.8. The van der Waals surface area contributed by atoms with E-state index < -0.39 is 5.60 Å². The van der Waals surface area contributed by atoms with Crippen LogP contribution in [-0.2, 0) is 11.3 Å². The molecular weight excluding hydrogens is 404 g/mol. The Morgan fingerprint density at radius 3 is 2.56 bits per heavy atom. The normalized spacial score (nSPS) is 19.6. The van der Waals surface area contributed by atoms with Gasteiger partial charge in [0.2, 0.25) is 5.91 Å². The fraction of sp³-hybridized carbons (Fsp3) is 0.560. The highest BCUT2D eigenvalue weighted by molar-refractivity contribution is 5.77. The molecule has 7 heteroatoms. The van der Waals surface area contributed by atoms with E-state index in [0.717, 1.165) is 18.4 Å². The zero-order chi connectivity index (χ0) is 22.6. The molecule has 1 saturated heterocycles. The number of likely N-dealkylation sites (tertiary alicyclic amines) is 1. The summed E-state index contributed by atoms with van der Waals surface area (Å²) in [6.45, 7) is 3.27. The lowest BCUT2D eigenvalue weighted by molar-refractivity contribution is -0.136. The molecule has 2 fully saturated rings. The third-order valence-electron chi connectivity index (χ3n) is 6.95. The number of carbonyl (C=O) groups excluding carboxylic acids is 1. The van der Waals surface area contributed by atoms with Gasteiger partial charge in [-0.3, -0.25) is 14.2 Å². The van der Waals surface area contributed by atoms with E-state index in [0.29, 0.717) is 44.2 Å². The van der Waals surface area contributed by atoms with Crippen LogP contribution in [0.4, 0.5) is 5.82 Å². The summed E-state index contributed by atoms with van der Waals surface area (Å²) in [5, 5.41) is 14.4. The number of nitrogens with one attached hydrogen (secondary N) is 1. The molecule has 1 amide bonds. The topological polar surface area (TPSA) is 87.5 Å². The number of nitrogens with zero attached hydrogens (tertiary/aromatic N) is 3. The van der Waals surface area contributed by atoms with Crippen molar-refractivity contribution in [1.82, 2.24) is 14.5 Å². The number of benzene rings is 1. The first-order valence-electron chi connectivity index (χ1n) is 11.8. The first kappa shape index (κ1) is 22.5. The third kappa shape index (κ3) is 5.57. The number of carbonyl (C=O) groups is 1. The molecule has 7 nitrogen and oxygen atoms in total. The molecule has 2 N–H and O–H groups in total. The van der Waals surface area contributed by atoms with Crippen molar-refractivity contribution in [2.24, 2.45) is 0 Å². The predicted octanol–water partition coefficient (Wildman–Crippen LogP) is 3.15. The summed E-state index contributed by atoms with van der Waals surface area (Å²) in [5.41, 5.74) is -0.00972. The van der Waals surface area contributed by atoms with E-state index in [-0.39, 0.29) is 23.9 Å². The van der Waals surface area contributed by atoms with Gasteiger partial charge in [-0.15, -0.1) is 0 Å². The zero-order valence-corrected chi connectivity index (χ0v) is 18.9. The van der Waals surface area contributed by atoms with Crippen LogP contribution in [0.1, 0.15) is 63.4 Å². The lowest BCUT2D eigenvalue weighted by atomic mass is 9.90. The summed E-state index contributed by atoms with van der Waals surface area (Å²) < 4.78 is 1.48. The summed E-state index contributed by atoms with van der Waals surface area (Å²) in [5.74, 6) is 0.883. The van der Waals surface area contributed by atoms with E-state index in [1.165, 1.54) is 29.8 Å². The predicted molar refractivity (Wildman–Crippen MR) is 125 cm³/mol. The second kappa shape index (κ2) is 9.86. The van der Waals surface area contributed by atoms with E-state index in [2.05, 4.69) is 17.2 Å². The number of anilines is 1. The van der Waals surface area contributed by atoms with Gasteiger partial charge >= 0.3 is 0 Å². The minimum atomic E-state index is -1.01. The number of rotatable bonds is 7. The minimum Gasteiger partial charge on any atom is -0.388 e. The molecule has 2 heterocycles. The first-order valence-corrected chi connectivity index (χ1v) is 11.8. The lowest BCUT2D eigenvalue weighted by Gasteiger charge is -2.38. The molecule has 0 spiro atoms. The molecule has 2 aliphatic rings. The Balaban J connectivity index is 1.30. The van der Waals surface area contributed by atoms with Gasteiger partial charge in [0, 0.05) is 31.6 Å². The first-order chi connectivity index (χ1) is 15.4. The molecule has 2 aromatic rings. The van der Waals surface area contributed by atoms with Crippen LogP contribution < -0.4 is 10.9 Å². The molecule has 1 saturated carbocycles. The number of aliphatic hydroxyl groups is 1. The molecule has 1 atom stereocenters. The highest BCUT2D eigenvalue weighted by Crippen LogP contribution is 2.26. The summed E-state index contributed by atoms with van der Waals surface area (Å²) in [7, 11) is 0. The smallest absolute Gasteiger partial charge is 0.255 e. The van der Waals surface area contributed by atoms with Crippen molar-refractivity contribution in [1.29, 1.82) is 0 Å². The van der Waals surface area contributed by atoms with Crippen LogP contribution >= 0.6 is 0 Å². The monoisotopic (exact) mass is 438 g/mol. The second-order valence-electron chi connectivity index (χ2n) is 9.49. The van der Waals surface area contributed by atoms with E-state index >= 15 is 0 Å². The number of aromatic nitrogens is 2. The van der Waals surface area contributed by atoms with Crippen molar-refractivity contribution in [2.45, 2.75) is 76.0 Å². The van der Waals surface area contributed by atoms with Crippen molar-refractivity contribution in [3.63, 3.8) is 0 Å². The Labute approximate surface area is 189 Å². The van der Waals surface area contributed by atoms with Crippen LogP contribution in [0, 0.1) is 0 Å². The fourth-order valence-corrected chi connectivity index (χ4v) is 4.84. The van der Waals surface area contributed by atoms with Gasteiger partial charge in [0.05, 0.1) is 18.5 Å². The van der Waals surface area contributed by atoms with Gasteiger partial charge in [-0.2, -0.15) is 0 Å². The van der Waals surface area contributed by atoms with Crippen LogP contribution in [0.2, 0.25) is 0 Å². The Morgan fingerprint density at radius 1 is 1.22 bits per heavy atom. The van der Waals surface area contributed by atoms with Crippen LogP contribution in [0.25, 0.3) is 0 Å². The van der Waals surface area contributed by atoms with Gasteiger partial charge in [-0.05, 0) is 37.2 Å². The van der Waals surface area contributed by atoms with Gasteiger partial charge in [-0.1, -0.05) is 50.1 Å². The highest BCUT2D eigenvalue weighted by atomic mass is 16.3. The molecule has 1 aromatic carbocycles. The molecule has 4 rings (SSSR count). The summed E-state index contributed by atoms with van der Waals surface area (Å²) in [6, 6.07) is 12.0. The van der Waals surface area contributed by atoms with E-state index in [9.17, 15) is 14.7 Å². The van der Waals surface area contributed by atoms with Crippen LogP contribution in [0.15, 0.2) is 47.5 Å². The van der Waals surface area contributed by atoms with Crippen molar-refractivity contribution in [3.05, 3.63) is 58.6 Å². The summed E-state index contributed by atoms with van der Waals surface area (Å²) >= 11 is 0. The minimum absolute atomic E-state index is 0.115. The number of hydrogen-bond donors (Lipinski definition) is 2. The Hall–Kier alpha value is -2.67. The molecule has 0 radical (unpaired) electrons. The highest BCUT2D eigenvalue weighted by Gasteiger charge is 2.35. The molecule has 32 heavy (non-hydrogen) atoms. The van der Waals surface area contributed by atoms with Crippen molar-refractivity contribution in [3.8, 4) is 0 Å². The largest absolute Gasteiger partial charge is 0.388 e. The van der Waals surface area contributed by atoms with Gasteiger partial charge in [0.1, 0.15) is 5.82 Å². The standard InChI is InChI=1S/C25H34N4O3/c1-19(20-7-3-2-4-8-20)15-23(30)28-13-11-25(32,12-14-28)17-29-18-26-22(16-24(29)31)27-21-9-5-6-10-21/h2-4,7-8,16,18-19,21,27,32H,5-6,9-15,17H2,1H3. The Morgan fingerprint density at radius 2 is 1.91 bits per heavy atom. The summed E-state index contributed by atoms with van der Waals surface area (Å²) in [6.07, 6.45) is 7.55. The average molecular weight is 439 g/mol. The van der Waals surface area contributed by atoms with E-state index in [1.807, 2.05) is 35.2 Å². The zero-order valence-electron chi connectivity index (χ0n) is 18.9. The van der Waals surface area contributed by atoms with Gasteiger partial charge in [-0.25, -0.2) is 4.98 Å². The third-order valence-corrected chi connectivity index (χ3v) is 6.95. The summed E-state index contributed by atoms with van der Waals surface area (Å²) in [4.78, 5) is 31.5. The van der Waals surface area contributed by atoms with E-state index in [1.54, 1.807) is 0 Å². The molecule has 1 unspecified atom stereocenters. The van der Waals surface area contributed by atoms with Crippen molar-refractivity contribution < 1.29 is 9.90 Å². The quantitative estimate of drug-likeness (QED) is 0.693. The van der Waals surface area contributed by atoms with Crippen LogP contribution in [0.5, 0.6) is 0 Å². The van der Waals surface area contributed by atoms with E-state index in [4.69, 9.17) is 0 Å². The maximum Gasteiger partial charge on any atom is 0.255 e. The molecular formula is C25H34N4O3. The molecule has 1 aromatic heterocycles. The maximum absolute atomic E-state index is 12.8. The fourth-order valence-electron chi connectivity index (χ4n) is 4.84. The second-order valence-corrected chi connectivity index (χ2v) is 9.49. The van der Waals surface area contributed by atoms with Gasteiger partial charge in [0.25, 0.3) is 5.56 Å². The Kier molecular flexibility index (Phi) is 6.94. The number of hydrogen-bond acceptors (Lipinski definition) is 5. The molecule has 0 bridgehead atoms. The molecule has 1 aliphatic carbocycles. The Bertz CT molecular complexity index is 961.